The van der Waals surface area contributed by atoms with E-state index >= 15 is 0 Å². The molecule has 3 aromatic rings. The molecule has 7 heteroatoms. The van der Waals surface area contributed by atoms with Crippen molar-refractivity contribution in [1.82, 2.24) is 9.29 Å². The number of nitrogens with one attached hydrogen (secondary N) is 1. The average Bonchev–Trinajstić information content (AvgIpc) is 2.71. The lowest BCUT2D eigenvalue weighted by molar-refractivity contribution is 0.315. The van der Waals surface area contributed by atoms with Crippen LogP contribution < -0.4 is 10.3 Å². The molecule has 1 aromatic heterocycles. The monoisotopic (exact) mass is 440 g/mol. The number of halogens is 1. The first-order chi connectivity index (χ1) is 14.7. The second-order valence-corrected chi connectivity index (χ2v) is 9.98. The smallest absolute Gasteiger partial charge is 0.253 e. The number of rotatable bonds is 5. The maximum absolute atomic E-state index is 13.7. The van der Waals surface area contributed by atoms with Crippen molar-refractivity contribution in [3.05, 3.63) is 93.7 Å². The molecule has 0 radical (unpaired) electrons. The maximum Gasteiger partial charge on any atom is 0.253 e. The van der Waals surface area contributed by atoms with Crippen molar-refractivity contribution in [2.75, 3.05) is 6.26 Å². The highest BCUT2D eigenvalue weighted by Crippen LogP contribution is 2.29. The Bertz CT molecular complexity index is 1280. The van der Waals surface area contributed by atoms with E-state index in [2.05, 4.69) is 4.72 Å². The molecule has 1 aliphatic rings. The van der Waals surface area contributed by atoms with E-state index in [4.69, 9.17) is 0 Å². The van der Waals surface area contributed by atoms with E-state index in [-0.39, 0.29) is 23.5 Å². The molecule has 162 valence electrons. The lowest BCUT2D eigenvalue weighted by atomic mass is 9.90. The third kappa shape index (κ3) is 4.78. The van der Waals surface area contributed by atoms with E-state index in [0.717, 1.165) is 28.6 Å². The minimum Gasteiger partial charge on any atom is -0.307 e. The molecule has 2 aromatic carbocycles. The summed E-state index contributed by atoms with van der Waals surface area (Å²) >= 11 is 0. The van der Waals surface area contributed by atoms with Crippen LogP contribution in [0.3, 0.4) is 0 Å². The van der Waals surface area contributed by atoms with E-state index in [1.807, 2.05) is 42.5 Å². The summed E-state index contributed by atoms with van der Waals surface area (Å²) in [7, 11) is -3.44. The summed E-state index contributed by atoms with van der Waals surface area (Å²) in [4.78, 5) is 13.0. The van der Waals surface area contributed by atoms with Gasteiger partial charge in [-0.3, -0.25) is 4.79 Å². The van der Waals surface area contributed by atoms with Crippen LogP contribution in [0.25, 0.3) is 11.1 Å². The SMILES string of the molecule is Cc1ccc2n(c1=O)[C@@H](Cc1cccc(-c3cccc(F)c3)c1)[C@@H](NS(C)(=O)=O)CC2. The van der Waals surface area contributed by atoms with Crippen LogP contribution in [0.2, 0.25) is 0 Å². The van der Waals surface area contributed by atoms with Crippen molar-refractivity contribution in [3.63, 3.8) is 0 Å². The summed E-state index contributed by atoms with van der Waals surface area (Å²) in [5.74, 6) is -0.302. The number of hydrogen-bond donors (Lipinski definition) is 1. The van der Waals surface area contributed by atoms with Crippen molar-refractivity contribution in [1.29, 1.82) is 0 Å². The second kappa shape index (κ2) is 8.40. The zero-order valence-electron chi connectivity index (χ0n) is 17.5. The molecule has 2 atom stereocenters. The molecule has 1 N–H and O–H groups in total. The fourth-order valence-corrected chi connectivity index (χ4v) is 5.19. The molecule has 0 spiro atoms. The molecule has 2 heterocycles. The van der Waals surface area contributed by atoms with Crippen molar-refractivity contribution in [3.8, 4) is 11.1 Å². The molecule has 0 aliphatic carbocycles. The van der Waals surface area contributed by atoms with Gasteiger partial charge < -0.3 is 4.57 Å². The van der Waals surface area contributed by atoms with Gasteiger partial charge in [0.25, 0.3) is 5.56 Å². The Hall–Kier alpha value is -2.77. The Labute approximate surface area is 181 Å². The molecule has 0 bridgehead atoms. The van der Waals surface area contributed by atoms with E-state index in [1.54, 1.807) is 17.6 Å². The Balaban J connectivity index is 1.75. The van der Waals surface area contributed by atoms with Crippen molar-refractivity contribution in [2.24, 2.45) is 0 Å². The Morgan fingerprint density at radius 1 is 1.06 bits per heavy atom. The van der Waals surface area contributed by atoms with Crippen molar-refractivity contribution >= 4 is 10.0 Å². The quantitative estimate of drug-likeness (QED) is 0.659. The van der Waals surface area contributed by atoms with Crippen LogP contribution in [0.5, 0.6) is 0 Å². The van der Waals surface area contributed by atoms with Crippen LogP contribution in [0.15, 0.2) is 65.5 Å². The molecular weight excluding hydrogens is 415 g/mol. The molecule has 4 rings (SSSR count). The average molecular weight is 441 g/mol. The molecule has 31 heavy (non-hydrogen) atoms. The van der Waals surface area contributed by atoms with Gasteiger partial charge in [0.15, 0.2) is 0 Å². The highest BCUT2D eigenvalue weighted by molar-refractivity contribution is 7.88. The molecular formula is C24H25FN2O3S. The number of aryl methyl sites for hydroxylation is 2. The fourth-order valence-electron chi connectivity index (χ4n) is 4.37. The lowest BCUT2D eigenvalue weighted by Crippen LogP contribution is -2.48. The summed E-state index contributed by atoms with van der Waals surface area (Å²) in [5.41, 5.74) is 4.04. The highest BCUT2D eigenvalue weighted by atomic mass is 32.2. The van der Waals surface area contributed by atoms with Crippen molar-refractivity contribution < 1.29 is 12.8 Å². The second-order valence-electron chi connectivity index (χ2n) is 8.20. The predicted molar refractivity (Wildman–Crippen MR) is 120 cm³/mol. The third-order valence-corrected chi connectivity index (χ3v) is 6.53. The van der Waals surface area contributed by atoms with Crippen LogP contribution >= 0.6 is 0 Å². The van der Waals surface area contributed by atoms with Crippen LogP contribution in [0.4, 0.5) is 4.39 Å². The highest BCUT2D eigenvalue weighted by Gasteiger charge is 2.32. The normalized spacial score (nSPS) is 18.5. The van der Waals surface area contributed by atoms with Gasteiger partial charge in [-0.15, -0.1) is 0 Å². The largest absolute Gasteiger partial charge is 0.307 e. The predicted octanol–water partition coefficient (Wildman–Crippen LogP) is 3.61. The topological polar surface area (TPSA) is 68.2 Å². The Morgan fingerprint density at radius 3 is 2.48 bits per heavy atom. The minimum atomic E-state index is -3.44. The number of pyridine rings is 1. The van der Waals surface area contributed by atoms with Gasteiger partial charge in [0.05, 0.1) is 12.3 Å². The molecule has 0 fully saturated rings. The van der Waals surface area contributed by atoms with Gasteiger partial charge in [-0.2, -0.15) is 0 Å². The minimum absolute atomic E-state index is 0.0937. The molecule has 5 nitrogen and oxygen atoms in total. The standard InChI is InChI=1S/C24H25FN2O3S/c1-16-9-10-21-11-12-22(26-31(2,29)30)23(27(21)24(16)28)14-17-5-3-6-18(13-17)19-7-4-8-20(25)15-19/h3-10,13,15,22-23,26H,11-12,14H2,1-2H3/t22-,23-/m0/s1. The third-order valence-electron chi connectivity index (χ3n) is 5.79. The summed E-state index contributed by atoms with van der Waals surface area (Å²) < 4.78 is 42.2. The fraction of sp³-hybridized carbons (Fsp3) is 0.292. The van der Waals surface area contributed by atoms with Gasteiger partial charge in [0, 0.05) is 17.3 Å². The van der Waals surface area contributed by atoms with Crippen LogP contribution in [0, 0.1) is 12.7 Å². The molecule has 0 saturated heterocycles. The summed E-state index contributed by atoms with van der Waals surface area (Å²) in [6.45, 7) is 1.77. The zero-order valence-corrected chi connectivity index (χ0v) is 18.3. The number of aromatic nitrogens is 1. The number of nitrogens with zero attached hydrogens (tertiary/aromatic N) is 1. The van der Waals surface area contributed by atoms with Gasteiger partial charge >= 0.3 is 0 Å². The number of hydrogen-bond acceptors (Lipinski definition) is 3. The molecule has 0 unspecified atom stereocenters. The zero-order chi connectivity index (χ0) is 22.2. The van der Waals surface area contributed by atoms with E-state index < -0.39 is 10.0 Å². The first-order valence-electron chi connectivity index (χ1n) is 10.2. The van der Waals surface area contributed by atoms with Gasteiger partial charge in [-0.25, -0.2) is 17.5 Å². The number of benzene rings is 2. The summed E-state index contributed by atoms with van der Waals surface area (Å²) in [5, 5.41) is 0. The first kappa shape index (κ1) is 21.5. The van der Waals surface area contributed by atoms with Crippen LogP contribution in [-0.4, -0.2) is 25.3 Å². The molecule has 1 aliphatic heterocycles. The summed E-state index contributed by atoms with van der Waals surface area (Å²) in [6.07, 6.45) is 2.86. The van der Waals surface area contributed by atoms with Gasteiger partial charge in [-0.1, -0.05) is 42.5 Å². The lowest BCUT2D eigenvalue weighted by Gasteiger charge is -2.35. The van der Waals surface area contributed by atoms with E-state index in [9.17, 15) is 17.6 Å². The maximum atomic E-state index is 13.7. The van der Waals surface area contributed by atoms with Gasteiger partial charge in [0.1, 0.15) is 5.82 Å². The van der Waals surface area contributed by atoms with E-state index in [0.29, 0.717) is 24.8 Å². The van der Waals surface area contributed by atoms with Crippen LogP contribution in [0.1, 0.15) is 29.3 Å². The molecule has 0 amide bonds. The number of sulfonamides is 1. The van der Waals surface area contributed by atoms with E-state index in [1.165, 1.54) is 12.1 Å². The summed E-state index contributed by atoms with van der Waals surface area (Å²) in [6, 6.07) is 17.2. The van der Waals surface area contributed by atoms with Crippen molar-refractivity contribution in [2.45, 2.75) is 38.3 Å². The Kier molecular flexibility index (Phi) is 5.81. The van der Waals surface area contributed by atoms with Gasteiger partial charge in [-0.05, 0) is 61.1 Å². The first-order valence-corrected chi connectivity index (χ1v) is 12.1. The van der Waals surface area contributed by atoms with Gasteiger partial charge in [0.2, 0.25) is 10.0 Å². The Morgan fingerprint density at radius 2 is 1.77 bits per heavy atom. The number of fused-ring (bicyclic) bond motifs is 1. The molecule has 0 saturated carbocycles. The van der Waals surface area contributed by atoms with Crippen LogP contribution in [-0.2, 0) is 22.9 Å².